The molecule has 0 spiro atoms. The molecule has 3 aromatic carbocycles. The van der Waals surface area contributed by atoms with Gasteiger partial charge in [-0.1, -0.05) is 66.4 Å². The summed E-state index contributed by atoms with van der Waals surface area (Å²) in [6, 6.07) is 27.3. The predicted molar refractivity (Wildman–Crippen MR) is 240 cm³/mol. The highest BCUT2D eigenvalue weighted by Gasteiger charge is 2.66. The summed E-state index contributed by atoms with van der Waals surface area (Å²) in [4.78, 5) is 52.5. The van der Waals surface area contributed by atoms with Gasteiger partial charge in [-0.25, -0.2) is 9.46 Å². The Hall–Kier alpha value is -6.05. The van der Waals surface area contributed by atoms with Crippen LogP contribution in [0.25, 0.3) is 0 Å². The molecular weight excluding hydrogens is 897 g/mol. The Morgan fingerprint density at radius 2 is 1.54 bits per heavy atom. The molecule has 4 aromatic rings. The molecule has 2 unspecified atom stereocenters. The van der Waals surface area contributed by atoms with Crippen molar-refractivity contribution in [3.63, 3.8) is 0 Å². The minimum atomic E-state index is -5.17. The highest BCUT2D eigenvalue weighted by molar-refractivity contribution is 7.44. The van der Waals surface area contributed by atoms with Crippen molar-refractivity contribution in [2.45, 2.75) is 88.2 Å². The van der Waals surface area contributed by atoms with Crippen LogP contribution in [0.15, 0.2) is 94.6 Å². The molecule has 2 aliphatic heterocycles. The summed E-state index contributed by atoms with van der Waals surface area (Å²) in [5, 5.41) is 13.2. The van der Waals surface area contributed by atoms with Gasteiger partial charge in [-0.05, 0) is 75.1 Å². The van der Waals surface area contributed by atoms with Crippen LogP contribution in [-0.2, 0) is 33.5 Å². The van der Waals surface area contributed by atoms with Gasteiger partial charge < -0.3 is 38.6 Å². The number of hydrogen-bond donors (Lipinski definition) is 3. The Morgan fingerprint density at radius 3 is 2.09 bits per heavy atom. The normalized spacial score (nSPS) is 19.4. The van der Waals surface area contributed by atoms with E-state index in [2.05, 4.69) is 32.9 Å². The number of halogens is 3. The maximum atomic E-state index is 13.9. The van der Waals surface area contributed by atoms with Crippen molar-refractivity contribution < 1.29 is 50.8 Å². The number of aromatic nitrogens is 2. The fourth-order valence-corrected chi connectivity index (χ4v) is 10.2. The second-order valence-electron chi connectivity index (χ2n) is 16.3. The van der Waals surface area contributed by atoms with Crippen molar-refractivity contribution in [1.29, 1.82) is 5.26 Å². The molecule has 0 saturated carbocycles. The largest absolute Gasteiger partial charge is 0.497 e. The van der Waals surface area contributed by atoms with E-state index in [1.807, 2.05) is 107 Å². The van der Waals surface area contributed by atoms with Crippen LogP contribution in [-0.4, -0.2) is 103 Å². The Morgan fingerprint density at radius 1 is 0.940 bits per heavy atom. The van der Waals surface area contributed by atoms with E-state index in [-0.39, 0.29) is 43.7 Å². The van der Waals surface area contributed by atoms with Gasteiger partial charge >= 0.3 is 17.8 Å². The van der Waals surface area contributed by atoms with Crippen molar-refractivity contribution in [3.8, 4) is 29.4 Å². The van der Waals surface area contributed by atoms with E-state index in [0.29, 0.717) is 11.5 Å². The molecule has 3 heterocycles. The molecule has 5 atom stereocenters. The lowest BCUT2D eigenvalue weighted by Gasteiger charge is -2.44. The van der Waals surface area contributed by atoms with E-state index >= 15 is 0 Å². The van der Waals surface area contributed by atoms with Crippen molar-refractivity contribution >= 4 is 20.3 Å². The summed E-state index contributed by atoms with van der Waals surface area (Å²) in [7, 11) is 1.26. The van der Waals surface area contributed by atoms with Gasteiger partial charge in [0.1, 0.15) is 34.9 Å². The second kappa shape index (κ2) is 21.7. The first-order valence-corrected chi connectivity index (χ1v) is 22.5. The molecule has 6 rings (SSSR count). The maximum absolute atomic E-state index is 13.9. The number of carbonyl (C=O) groups excluding carboxylic acids is 2. The SMILES string of the molecule is COc1ccc(C(C[C@@]23COC([C@H](n4cc(C#CCNC(=O)CNC(=O)C(F)(F)F)c(=O)[nH]c4=O)O2)[C@H]3OP(OCCC#N)N(C(C)C)C(C)C)(c2ccccc2)c2ccc(OC)cc2)cc1. The van der Waals surface area contributed by atoms with Crippen LogP contribution in [0.1, 0.15) is 69.0 Å². The van der Waals surface area contributed by atoms with E-state index in [9.17, 15) is 37.6 Å². The smallest absolute Gasteiger partial charge is 0.471 e. The number of nitriles is 1. The van der Waals surface area contributed by atoms with Crippen LogP contribution in [0.5, 0.6) is 11.5 Å². The lowest BCUT2D eigenvalue weighted by Crippen LogP contribution is -2.49. The number of nitrogens with one attached hydrogen (secondary N) is 3. The van der Waals surface area contributed by atoms with E-state index in [0.717, 1.165) is 21.3 Å². The predicted octanol–water partition coefficient (Wildman–Crippen LogP) is 5.45. The fourth-order valence-electron chi connectivity index (χ4n) is 8.40. The lowest BCUT2D eigenvalue weighted by molar-refractivity contribution is -0.180. The van der Waals surface area contributed by atoms with Gasteiger partial charge in [-0.2, -0.15) is 18.4 Å². The zero-order valence-electron chi connectivity index (χ0n) is 37.7. The minimum absolute atomic E-state index is 0.00165. The summed E-state index contributed by atoms with van der Waals surface area (Å²) in [5.74, 6) is 3.19. The molecule has 3 N–H and O–H groups in total. The number of nitrogens with zero attached hydrogens (tertiary/aromatic N) is 3. The third-order valence-corrected chi connectivity index (χ3v) is 13.5. The van der Waals surface area contributed by atoms with Crippen LogP contribution in [0.3, 0.4) is 0 Å². The zero-order valence-corrected chi connectivity index (χ0v) is 38.6. The molecule has 2 fully saturated rings. The van der Waals surface area contributed by atoms with Crippen LogP contribution in [0.4, 0.5) is 13.2 Å². The topological polar surface area (TPSA) is 195 Å². The third-order valence-electron chi connectivity index (χ3n) is 11.3. The van der Waals surface area contributed by atoms with E-state index in [4.69, 9.17) is 28.0 Å². The highest BCUT2D eigenvalue weighted by atomic mass is 31.2. The number of amides is 2. The Kier molecular flexibility index (Phi) is 16.3. The van der Waals surface area contributed by atoms with Crippen LogP contribution >= 0.6 is 8.53 Å². The zero-order chi connectivity index (χ0) is 48.5. The van der Waals surface area contributed by atoms with Gasteiger partial charge in [0.2, 0.25) is 5.91 Å². The average Bonchev–Trinajstić information content (AvgIpc) is 3.79. The molecule has 2 saturated heterocycles. The van der Waals surface area contributed by atoms with Crippen LogP contribution in [0, 0.1) is 23.2 Å². The molecule has 20 heteroatoms. The van der Waals surface area contributed by atoms with Crippen LogP contribution < -0.4 is 31.4 Å². The number of alkyl halides is 3. The molecule has 1 aromatic heterocycles. The molecule has 67 heavy (non-hydrogen) atoms. The Bertz CT molecular complexity index is 2520. The Balaban J connectivity index is 1.47. The highest BCUT2D eigenvalue weighted by Crippen LogP contribution is 2.59. The molecule has 356 valence electrons. The molecule has 2 bridgehead atoms. The number of H-pyrrole nitrogens is 1. The standard InChI is InChI=1S/C47H52F3N6O10P/c1-30(2)56(31(3)4)67(64-25-11-23-51)66-40-39-42(55-27-32(41(58)54-44(55)60)12-10-24-52-38(57)26-53-43(59)47(48,49)50)65-45(40,29-63-39)28-46(33-13-8-7-9-14-33,34-15-19-36(61-5)20-16-34)35-17-21-37(62-6)22-18-35/h7-9,13-22,27,30-31,39-40,42H,11,24-26,28-29H2,1-6H3,(H,52,57)(H,53,59)(H,54,58,60)/t39?,40-,42-,45+,67?/m1/s1. The van der Waals surface area contributed by atoms with Crippen molar-refractivity contribution in [3.05, 3.63) is 128 Å². The number of ether oxygens (including phenoxy) is 4. The number of methoxy groups -OCH3 is 2. The van der Waals surface area contributed by atoms with Crippen molar-refractivity contribution in [2.75, 3.05) is 40.5 Å². The molecular formula is C47H52F3N6O10P. The summed E-state index contributed by atoms with van der Waals surface area (Å²) in [5.41, 5.74) is -1.68. The van der Waals surface area contributed by atoms with E-state index in [1.54, 1.807) is 14.2 Å². The molecule has 2 amide bonds. The summed E-state index contributed by atoms with van der Waals surface area (Å²) >= 11 is 0. The average molecular weight is 949 g/mol. The summed E-state index contributed by atoms with van der Waals surface area (Å²) < 4.78 is 79.5. The minimum Gasteiger partial charge on any atom is -0.497 e. The molecule has 0 aliphatic carbocycles. The number of rotatable bonds is 19. The number of aromatic amines is 1. The second-order valence-corrected chi connectivity index (χ2v) is 17.7. The molecule has 2 aliphatic rings. The summed E-state index contributed by atoms with van der Waals surface area (Å²) in [6.07, 6.45) is -6.84. The van der Waals surface area contributed by atoms with E-state index < -0.39 is 80.3 Å². The van der Waals surface area contributed by atoms with Gasteiger partial charge in [0.15, 0.2) is 6.23 Å². The first kappa shape index (κ1) is 50.4. The van der Waals surface area contributed by atoms with Crippen molar-refractivity contribution in [2.24, 2.45) is 0 Å². The monoisotopic (exact) mass is 948 g/mol. The Labute approximate surface area is 386 Å². The number of hydrogen-bond acceptors (Lipinski definition) is 12. The van der Waals surface area contributed by atoms with Crippen molar-refractivity contribution in [1.82, 2.24) is 24.9 Å². The molecule has 0 radical (unpaired) electrons. The fraction of sp³-hybridized carbons (Fsp3) is 0.426. The third kappa shape index (κ3) is 11.2. The molecule has 16 nitrogen and oxygen atoms in total. The first-order valence-electron chi connectivity index (χ1n) is 21.3. The quantitative estimate of drug-likeness (QED) is 0.0466. The van der Waals surface area contributed by atoms with Gasteiger partial charge in [0, 0.05) is 23.7 Å². The number of carbonyl (C=O) groups is 2. The van der Waals surface area contributed by atoms with E-state index in [1.165, 1.54) is 11.5 Å². The first-order chi connectivity index (χ1) is 32.0. The number of fused-ring (bicyclic) bond motifs is 2. The van der Waals surface area contributed by atoms with Gasteiger partial charge in [0.25, 0.3) is 14.1 Å². The van der Waals surface area contributed by atoms with Crippen LogP contribution in [0.2, 0.25) is 0 Å². The van der Waals surface area contributed by atoms with Gasteiger partial charge in [0.05, 0.1) is 53.0 Å². The number of benzene rings is 3. The summed E-state index contributed by atoms with van der Waals surface area (Å²) in [6.45, 7) is 6.73. The maximum Gasteiger partial charge on any atom is 0.471 e. The van der Waals surface area contributed by atoms with Gasteiger partial charge in [-0.15, -0.1) is 0 Å². The lowest BCUT2D eigenvalue weighted by atomic mass is 9.63. The van der Waals surface area contributed by atoms with Gasteiger partial charge in [-0.3, -0.25) is 23.9 Å².